The molecule has 24 heavy (non-hydrogen) atoms. The summed E-state index contributed by atoms with van der Waals surface area (Å²) in [5.74, 6) is 1.09. The lowest BCUT2D eigenvalue weighted by atomic mass is 10.2. The number of aromatic nitrogens is 3. The minimum Gasteiger partial charge on any atom is -0.383 e. The first-order valence-electron chi connectivity index (χ1n) is 7.90. The molecule has 0 aromatic carbocycles. The van der Waals surface area contributed by atoms with Crippen LogP contribution in [0.2, 0.25) is 0 Å². The zero-order valence-electron chi connectivity index (χ0n) is 14.4. The van der Waals surface area contributed by atoms with Crippen molar-refractivity contribution >= 4 is 34.0 Å². The molecule has 0 spiro atoms. The van der Waals surface area contributed by atoms with Crippen molar-refractivity contribution in [2.75, 3.05) is 30.3 Å². The summed E-state index contributed by atoms with van der Waals surface area (Å²) in [4.78, 5) is 16.4. The molecule has 0 amide bonds. The van der Waals surface area contributed by atoms with Crippen LogP contribution in [0.15, 0.2) is 29.8 Å². The highest BCUT2D eigenvalue weighted by Gasteiger charge is 2.11. The molecule has 3 rings (SSSR count). The molecule has 0 fully saturated rings. The maximum Gasteiger partial charge on any atom is 0.227 e. The molecule has 0 aliphatic rings. The van der Waals surface area contributed by atoms with Crippen molar-refractivity contribution in [3.8, 4) is 0 Å². The van der Waals surface area contributed by atoms with Crippen molar-refractivity contribution in [2.24, 2.45) is 5.73 Å². The van der Waals surface area contributed by atoms with Crippen molar-refractivity contribution < 1.29 is 0 Å². The molecule has 4 N–H and O–H groups in total. The van der Waals surface area contributed by atoms with E-state index >= 15 is 0 Å². The van der Waals surface area contributed by atoms with E-state index in [1.54, 1.807) is 17.5 Å². The van der Waals surface area contributed by atoms with Crippen LogP contribution in [-0.2, 0) is 0 Å². The first-order chi connectivity index (χ1) is 11.5. The highest BCUT2D eigenvalue weighted by Crippen LogP contribution is 2.21. The van der Waals surface area contributed by atoms with Gasteiger partial charge < -0.3 is 16.4 Å². The maximum absolute atomic E-state index is 5.98. The molecule has 0 radical (unpaired) electrons. The predicted octanol–water partition coefficient (Wildman–Crippen LogP) is 2.76. The number of nitrogen functional groups attached to an aromatic ring is 1. The van der Waals surface area contributed by atoms with Gasteiger partial charge in [0.1, 0.15) is 5.82 Å². The Hall–Kier alpha value is -2.25. The fourth-order valence-corrected chi connectivity index (χ4v) is 2.73. The second-order valence-corrected chi connectivity index (χ2v) is 6.50. The Bertz CT molecular complexity index is 772. The molecule has 0 unspecified atom stereocenters. The zero-order valence-corrected chi connectivity index (χ0v) is 15.2. The van der Waals surface area contributed by atoms with E-state index in [1.165, 1.54) is 4.88 Å². The monoisotopic (exact) mass is 344 g/mol. The number of thiophene rings is 1. The van der Waals surface area contributed by atoms with Crippen LogP contribution >= 0.6 is 11.3 Å². The van der Waals surface area contributed by atoms with Crippen molar-refractivity contribution in [1.29, 1.82) is 0 Å². The van der Waals surface area contributed by atoms with E-state index in [0.717, 1.165) is 23.1 Å². The molecule has 0 aliphatic carbocycles. The van der Waals surface area contributed by atoms with Crippen molar-refractivity contribution in [3.05, 3.63) is 40.3 Å². The van der Waals surface area contributed by atoms with Gasteiger partial charge >= 0.3 is 0 Å². The van der Waals surface area contributed by atoms with Crippen LogP contribution in [0.25, 0.3) is 10.9 Å². The summed E-state index contributed by atoms with van der Waals surface area (Å²) in [5, 5.41) is 2.92. The van der Waals surface area contributed by atoms with E-state index < -0.39 is 0 Å². The number of nitrogens with zero attached hydrogens (tertiary/aromatic N) is 4. The third kappa shape index (κ3) is 4.62. The Balaban J connectivity index is 0.000000292. The average molecular weight is 344 g/mol. The van der Waals surface area contributed by atoms with E-state index in [9.17, 15) is 0 Å². The van der Waals surface area contributed by atoms with Gasteiger partial charge in [0, 0.05) is 35.6 Å². The van der Waals surface area contributed by atoms with Crippen molar-refractivity contribution in [2.45, 2.75) is 20.8 Å². The van der Waals surface area contributed by atoms with E-state index in [4.69, 9.17) is 11.5 Å². The molecule has 6 nitrogen and oxygen atoms in total. The molecule has 3 aromatic heterocycles. The highest BCUT2D eigenvalue weighted by atomic mass is 32.1. The Kier molecular flexibility index (Phi) is 6.45. The van der Waals surface area contributed by atoms with Crippen molar-refractivity contribution in [3.63, 3.8) is 0 Å². The average Bonchev–Trinajstić information content (AvgIpc) is 3.05. The lowest BCUT2D eigenvalue weighted by Crippen LogP contribution is -2.30. The van der Waals surface area contributed by atoms with Gasteiger partial charge in [0.2, 0.25) is 5.95 Å². The van der Waals surface area contributed by atoms with E-state index in [2.05, 4.69) is 39.4 Å². The molecule has 7 heteroatoms. The smallest absolute Gasteiger partial charge is 0.227 e. The summed E-state index contributed by atoms with van der Waals surface area (Å²) in [6.45, 7) is 8.11. The SMILES string of the molecule is CCN(CCN)c1nc(N)c2cc(C)ncc2n1.Cc1cccs1. The summed E-state index contributed by atoms with van der Waals surface area (Å²) in [5.41, 5.74) is 13.2. The fourth-order valence-electron chi connectivity index (χ4n) is 2.21. The third-order valence-electron chi connectivity index (χ3n) is 3.46. The molecular formula is C17H24N6S. The number of aryl methyl sites for hydroxylation is 2. The van der Waals surface area contributed by atoms with Gasteiger partial charge in [-0.2, -0.15) is 4.98 Å². The van der Waals surface area contributed by atoms with Crippen molar-refractivity contribution in [1.82, 2.24) is 15.0 Å². The summed E-state index contributed by atoms with van der Waals surface area (Å²) < 4.78 is 0. The van der Waals surface area contributed by atoms with Gasteiger partial charge in [-0.05, 0) is 38.3 Å². The summed E-state index contributed by atoms with van der Waals surface area (Å²) in [6.07, 6.45) is 1.72. The summed E-state index contributed by atoms with van der Waals surface area (Å²) in [7, 11) is 0. The van der Waals surface area contributed by atoms with Crippen LogP contribution in [0.5, 0.6) is 0 Å². The summed E-state index contributed by atoms with van der Waals surface area (Å²) >= 11 is 1.78. The second-order valence-electron chi connectivity index (χ2n) is 5.34. The molecule has 0 bridgehead atoms. The first kappa shape index (κ1) is 18.1. The fraction of sp³-hybridized carbons (Fsp3) is 0.353. The molecular weight excluding hydrogens is 320 g/mol. The molecule has 0 atom stereocenters. The Morgan fingerprint density at radius 2 is 2.04 bits per heavy atom. The number of anilines is 2. The van der Waals surface area contributed by atoms with Gasteiger partial charge in [-0.15, -0.1) is 11.3 Å². The third-order valence-corrected chi connectivity index (χ3v) is 4.26. The van der Waals surface area contributed by atoms with Gasteiger partial charge in [-0.1, -0.05) is 6.07 Å². The number of hydrogen-bond donors (Lipinski definition) is 2. The standard InChI is InChI=1S/C12H18N6.C5H6S/c1-3-18(5-4-13)12-16-10-7-15-8(2)6-9(10)11(14)17-12;1-5-3-2-4-6-5/h6-7H,3-5,13H2,1-2H3,(H2,14,16,17);2-4H,1H3. The molecule has 0 saturated carbocycles. The minimum absolute atomic E-state index is 0.482. The summed E-state index contributed by atoms with van der Waals surface area (Å²) in [6, 6.07) is 6.05. The van der Waals surface area contributed by atoms with E-state index in [0.29, 0.717) is 24.9 Å². The van der Waals surface area contributed by atoms with Crippen LogP contribution in [0.3, 0.4) is 0 Å². The lowest BCUT2D eigenvalue weighted by molar-refractivity contribution is 0.787. The lowest BCUT2D eigenvalue weighted by Gasteiger charge is -2.20. The van der Waals surface area contributed by atoms with Gasteiger partial charge in [0.05, 0.1) is 11.7 Å². The second kappa shape index (κ2) is 8.56. The zero-order chi connectivity index (χ0) is 17.5. The van der Waals surface area contributed by atoms with Gasteiger partial charge in [0.25, 0.3) is 0 Å². The number of fused-ring (bicyclic) bond motifs is 1. The minimum atomic E-state index is 0.482. The molecule has 3 aromatic rings. The number of hydrogen-bond acceptors (Lipinski definition) is 7. The quantitative estimate of drug-likeness (QED) is 0.756. The predicted molar refractivity (Wildman–Crippen MR) is 102 cm³/mol. The molecule has 3 heterocycles. The normalized spacial score (nSPS) is 10.3. The number of likely N-dealkylation sites (N-methyl/N-ethyl adjacent to an activating group) is 1. The van der Waals surface area contributed by atoms with Crippen LogP contribution in [-0.4, -0.2) is 34.6 Å². The van der Waals surface area contributed by atoms with Gasteiger partial charge in [-0.3, -0.25) is 4.98 Å². The first-order valence-corrected chi connectivity index (χ1v) is 8.78. The van der Waals surface area contributed by atoms with Gasteiger partial charge in [-0.25, -0.2) is 4.98 Å². The van der Waals surface area contributed by atoms with Gasteiger partial charge in [0.15, 0.2) is 0 Å². The Morgan fingerprint density at radius 3 is 2.58 bits per heavy atom. The number of rotatable bonds is 4. The topological polar surface area (TPSA) is 94.0 Å². The van der Waals surface area contributed by atoms with Crippen LogP contribution < -0.4 is 16.4 Å². The van der Waals surface area contributed by atoms with Crippen LogP contribution in [0, 0.1) is 13.8 Å². The van der Waals surface area contributed by atoms with Crippen LogP contribution in [0.1, 0.15) is 17.5 Å². The number of nitrogens with two attached hydrogens (primary N) is 2. The molecule has 0 saturated heterocycles. The molecule has 0 aliphatic heterocycles. The maximum atomic E-state index is 5.98. The Morgan fingerprint density at radius 1 is 1.25 bits per heavy atom. The highest BCUT2D eigenvalue weighted by molar-refractivity contribution is 7.09. The van der Waals surface area contributed by atoms with E-state index in [1.807, 2.05) is 24.8 Å². The largest absolute Gasteiger partial charge is 0.383 e. The Labute approximate surface area is 146 Å². The molecule has 128 valence electrons. The number of pyridine rings is 1. The van der Waals surface area contributed by atoms with Crippen LogP contribution in [0.4, 0.5) is 11.8 Å². The van der Waals surface area contributed by atoms with E-state index in [-0.39, 0.29) is 0 Å².